The van der Waals surface area contributed by atoms with Gasteiger partial charge >= 0.3 is 0 Å². The van der Waals surface area contributed by atoms with E-state index in [-0.39, 0.29) is 17.9 Å². The third kappa shape index (κ3) is 3.08. The highest BCUT2D eigenvalue weighted by atomic mass is 16.5. The van der Waals surface area contributed by atoms with Gasteiger partial charge in [-0.05, 0) is 29.7 Å². The molecule has 2 aromatic carbocycles. The predicted molar refractivity (Wildman–Crippen MR) is 88.3 cm³/mol. The van der Waals surface area contributed by atoms with Crippen molar-refractivity contribution in [3.63, 3.8) is 0 Å². The van der Waals surface area contributed by atoms with Gasteiger partial charge in [-0.1, -0.05) is 42.5 Å². The third-order valence-electron chi connectivity index (χ3n) is 4.52. The summed E-state index contributed by atoms with van der Waals surface area (Å²) in [5, 5.41) is 9.30. The lowest BCUT2D eigenvalue weighted by atomic mass is 9.87. The average Bonchev–Trinajstić information content (AvgIpc) is 3.07. The van der Waals surface area contributed by atoms with Crippen LogP contribution in [0, 0.1) is 0 Å². The first-order chi connectivity index (χ1) is 11.2. The van der Waals surface area contributed by atoms with E-state index in [4.69, 9.17) is 4.74 Å². The maximum Gasteiger partial charge on any atom is 0.248 e. The summed E-state index contributed by atoms with van der Waals surface area (Å²) in [6, 6.07) is 18.0. The molecule has 2 atom stereocenters. The molecular formula is C19H21NO3. The van der Waals surface area contributed by atoms with E-state index < -0.39 is 6.61 Å². The molecule has 2 unspecified atom stereocenters. The van der Waals surface area contributed by atoms with Crippen LogP contribution in [0.15, 0.2) is 54.6 Å². The molecule has 1 aliphatic rings. The summed E-state index contributed by atoms with van der Waals surface area (Å²) < 4.78 is 5.32. The van der Waals surface area contributed by atoms with E-state index in [1.807, 2.05) is 42.5 Å². The quantitative estimate of drug-likeness (QED) is 0.944. The van der Waals surface area contributed by atoms with Gasteiger partial charge in [0.25, 0.3) is 0 Å². The lowest BCUT2D eigenvalue weighted by molar-refractivity contribution is -0.135. The first-order valence-electron chi connectivity index (χ1n) is 7.84. The lowest BCUT2D eigenvalue weighted by Gasteiger charge is -2.29. The maximum absolute atomic E-state index is 12.2. The Morgan fingerprint density at radius 2 is 1.91 bits per heavy atom. The number of benzene rings is 2. The highest BCUT2D eigenvalue weighted by Gasteiger charge is 2.38. The molecule has 1 heterocycles. The number of methoxy groups -OCH3 is 1. The van der Waals surface area contributed by atoms with Crippen molar-refractivity contribution in [1.82, 2.24) is 4.90 Å². The van der Waals surface area contributed by atoms with Crippen LogP contribution in [0.25, 0.3) is 0 Å². The van der Waals surface area contributed by atoms with Crippen molar-refractivity contribution in [2.24, 2.45) is 0 Å². The molecule has 1 aliphatic heterocycles. The van der Waals surface area contributed by atoms with Crippen LogP contribution in [0.3, 0.4) is 0 Å². The Kier molecular flexibility index (Phi) is 4.63. The van der Waals surface area contributed by atoms with E-state index in [0.29, 0.717) is 6.54 Å². The topological polar surface area (TPSA) is 49.8 Å². The van der Waals surface area contributed by atoms with Crippen molar-refractivity contribution in [1.29, 1.82) is 0 Å². The van der Waals surface area contributed by atoms with Crippen molar-refractivity contribution in [3.8, 4) is 5.75 Å². The van der Waals surface area contributed by atoms with E-state index in [1.165, 1.54) is 5.56 Å². The molecule has 23 heavy (non-hydrogen) atoms. The van der Waals surface area contributed by atoms with Gasteiger partial charge in [-0.25, -0.2) is 0 Å². The fraction of sp³-hybridized carbons (Fsp3) is 0.316. The molecule has 120 valence electrons. The Hall–Kier alpha value is -2.33. The summed E-state index contributed by atoms with van der Waals surface area (Å²) >= 11 is 0. The summed E-state index contributed by atoms with van der Waals surface area (Å²) in [6.07, 6.45) is 0.887. The van der Waals surface area contributed by atoms with Crippen LogP contribution in [0.4, 0.5) is 0 Å². The van der Waals surface area contributed by atoms with Crippen LogP contribution in [0.2, 0.25) is 0 Å². The van der Waals surface area contributed by atoms with Crippen LogP contribution >= 0.6 is 0 Å². The molecule has 4 heteroatoms. The van der Waals surface area contributed by atoms with Crippen LogP contribution in [-0.4, -0.2) is 36.2 Å². The van der Waals surface area contributed by atoms with E-state index >= 15 is 0 Å². The predicted octanol–water partition coefficient (Wildman–Crippen LogP) is 2.74. The van der Waals surface area contributed by atoms with Gasteiger partial charge in [0.15, 0.2) is 0 Å². The molecule has 2 aromatic rings. The third-order valence-corrected chi connectivity index (χ3v) is 4.52. The zero-order valence-corrected chi connectivity index (χ0v) is 13.2. The number of carbonyl (C=O) groups excluding carboxylic acids is 1. The molecule has 0 radical (unpaired) electrons. The molecule has 0 spiro atoms. The van der Waals surface area contributed by atoms with Gasteiger partial charge in [-0.3, -0.25) is 4.79 Å². The number of rotatable bonds is 4. The summed E-state index contributed by atoms with van der Waals surface area (Å²) in [4.78, 5) is 14.0. The normalized spacial score (nSPS) is 20.5. The van der Waals surface area contributed by atoms with Crippen LogP contribution in [-0.2, 0) is 4.79 Å². The molecule has 3 rings (SSSR count). The molecule has 1 fully saturated rings. The molecule has 1 saturated heterocycles. The lowest BCUT2D eigenvalue weighted by Crippen LogP contribution is -2.33. The summed E-state index contributed by atoms with van der Waals surface area (Å²) in [6.45, 7) is 0.197. The van der Waals surface area contributed by atoms with E-state index in [1.54, 1.807) is 12.0 Å². The minimum atomic E-state index is -0.456. The second kappa shape index (κ2) is 6.84. The Bertz CT molecular complexity index is 671. The molecule has 1 amide bonds. The van der Waals surface area contributed by atoms with Gasteiger partial charge in [0.1, 0.15) is 12.4 Å². The Labute approximate surface area is 136 Å². The molecule has 1 N–H and O–H groups in total. The van der Waals surface area contributed by atoms with Crippen LogP contribution in [0.1, 0.15) is 29.5 Å². The zero-order valence-electron chi connectivity index (χ0n) is 13.2. The Balaban J connectivity index is 2.01. The summed E-state index contributed by atoms with van der Waals surface area (Å²) in [5.74, 6) is 0.771. The number of aliphatic hydroxyl groups is 1. The first kappa shape index (κ1) is 15.6. The van der Waals surface area contributed by atoms with Gasteiger partial charge in [-0.2, -0.15) is 0 Å². The number of ether oxygens (including phenoxy) is 1. The minimum absolute atomic E-state index is 0.0767. The van der Waals surface area contributed by atoms with Crippen molar-refractivity contribution >= 4 is 5.91 Å². The van der Waals surface area contributed by atoms with Crippen molar-refractivity contribution in [2.75, 3.05) is 20.3 Å². The number of carbonyl (C=O) groups is 1. The van der Waals surface area contributed by atoms with Crippen LogP contribution < -0.4 is 4.74 Å². The average molecular weight is 311 g/mol. The van der Waals surface area contributed by atoms with E-state index in [2.05, 4.69) is 12.1 Å². The number of amides is 1. The standard InChI is InChI=1S/C19H21NO3/c1-23-16-9-5-8-15(12-16)19-17(14-6-3-2-4-7-14)10-11-20(19)18(22)13-21/h2-9,12,17,19,21H,10-11,13H2,1H3. The highest BCUT2D eigenvalue weighted by Crippen LogP contribution is 2.44. The summed E-state index contributed by atoms with van der Waals surface area (Å²) in [5.41, 5.74) is 2.26. The SMILES string of the molecule is COc1cccc(C2C(c3ccccc3)CCN2C(=O)CO)c1. The fourth-order valence-corrected chi connectivity index (χ4v) is 3.45. The van der Waals surface area contributed by atoms with Gasteiger partial charge in [0, 0.05) is 12.5 Å². The Morgan fingerprint density at radius 1 is 1.17 bits per heavy atom. The molecule has 4 nitrogen and oxygen atoms in total. The van der Waals surface area contributed by atoms with Crippen molar-refractivity contribution in [2.45, 2.75) is 18.4 Å². The van der Waals surface area contributed by atoms with E-state index in [0.717, 1.165) is 17.7 Å². The molecule has 0 saturated carbocycles. The maximum atomic E-state index is 12.2. The van der Waals surface area contributed by atoms with Gasteiger partial charge < -0.3 is 14.7 Å². The molecule has 0 aliphatic carbocycles. The number of nitrogens with zero attached hydrogens (tertiary/aromatic N) is 1. The number of likely N-dealkylation sites (tertiary alicyclic amines) is 1. The zero-order chi connectivity index (χ0) is 16.2. The second-order valence-corrected chi connectivity index (χ2v) is 5.77. The Morgan fingerprint density at radius 3 is 2.61 bits per heavy atom. The van der Waals surface area contributed by atoms with Gasteiger partial charge in [-0.15, -0.1) is 0 Å². The summed E-state index contributed by atoms with van der Waals surface area (Å²) in [7, 11) is 1.64. The molecular weight excluding hydrogens is 290 g/mol. The van der Waals surface area contributed by atoms with Gasteiger partial charge in [0.2, 0.25) is 5.91 Å². The fourth-order valence-electron chi connectivity index (χ4n) is 3.45. The molecule has 0 aromatic heterocycles. The largest absolute Gasteiger partial charge is 0.497 e. The first-order valence-corrected chi connectivity index (χ1v) is 7.84. The second-order valence-electron chi connectivity index (χ2n) is 5.77. The van der Waals surface area contributed by atoms with Gasteiger partial charge in [0.05, 0.1) is 13.2 Å². The van der Waals surface area contributed by atoms with E-state index in [9.17, 15) is 9.90 Å². The number of hydrogen-bond donors (Lipinski definition) is 1. The number of hydrogen-bond acceptors (Lipinski definition) is 3. The number of aliphatic hydroxyl groups excluding tert-OH is 1. The monoisotopic (exact) mass is 311 g/mol. The highest BCUT2D eigenvalue weighted by molar-refractivity contribution is 5.78. The minimum Gasteiger partial charge on any atom is -0.497 e. The van der Waals surface area contributed by atoms with Crippen molar-refractivity contribution < 1.29 is 14.6 Å². The molecule has 0 bridgehead atoms. The smallest absolute Gasteiger partial charge is 0.248 e. The van der Waals surface area contributed by atoms with Crippen LogP contribution in [0.5, 0.6) is 5.75 Å². The van der Waals surface area contributed by atoms with Crippen molar-refractivity contribution in [3.05, 3.63) is 65.7 Å².